The highest BCUT2D eigenvalue weighted by Gasteiger charge is 2.19. The highest BCUT2D eigenvalue weighted by Crippen LogP contribution is 2.33. The molecule has 0 spiro atoms. The minimum atomic E-state index is 0.0124. The van der Waals surface area contributed by atoms with Gasteiger partial charge < -0.3 is 18.9 Å². The van der Waals surface area contributed by atoms with Crippen molar-refractivity contribution in [2.75, 3.05) is 20.8 Å². The number of hydrogen-bond donors (Lipinski definition) is 0. The van der Waals surface area contributed by atoms with Gasteiger partial charge in [0, 0.05) is 18.7 Å². The molecule has 1 aromatic carbocycles. The fourth-order valence-electron chi connectivity index (χ4n) is 2.79. The van der Waals surface area contributed by atoms with Gasteiger partial charge in [-0.1, -0.05) is 18.1 Å². The Labute approximate surface area is 162 Å². The Bertz CT molecular complexity index is 889. The lowest BCUT2D eigenvalue weighted by Crippen LogP contribution is -2.30. The molecule has 2 aromatic heterocycles. The van der Waals surface area contributed by atoms with Crippen LogP contribution in [-0.4, -0.2) is 36.7 Å². The van der Waals surface area contributed by atoms with Gasteiger partial charge in [0.25, 0.3) is 5.91 Å². The van der Waals surface area contributed by atoms with Crippen LogP contribution < -0.4 is 9.47 Å². The van der Waals surface area contributed by atoms with E-state index in [4.69, 9.17) is 14.0 Å². The Morgan fingerprint density at radius 2 is 2.07 bits per heavy atom. The number of ether oxygens (including phenoxy) is 2. The molecule has 0 saturated carbocycles. The fraction of sp³-hybridized carbons (Fsp3) is 0.300. The summed E-state index contributed by atoms with van der Waals surface area (Å²) in [5.41, 5.74) is 1.48. The van der Waals surface area contributed by atoms with Crippen molar-refractivity contribution in [1.82, 2.24) is 10.1 Å². The summed E-state index contributed by atoms with van der Waals surface area (Å²) in [5, 5.41) is 6.05. The first-order chi connectivity index (χ1) is 13.2. The van der Waals surface area contributed by atoms with Crippen LogP contribution in [0, 0.1) is 0 Å². The molecule has 0 unspecified atom stereocenters. The molecule has 2 heterocycles. The molecular formula is C20H22N2O4S. The van der Waals surface area contributed by atoms with Crippen molar-refractivity contribution in [3.63, 3.8) is 0 Å². The second kappa shape index (κ2) is 8.73. The quantitative estimate of drug-likeness (QED) is 0.571. The van der Waals surface area contributed by atoms with Gasteiger partial charge in [-0.3, -0.25) is 4.79 Å². The van der Waals surface area contributed by atoms with Crippen molar-refractivity contribution < 1.29 is 18.8 Å². The summed E-state index contributed by atoms with van der Waals surface area (Å²) in [6, 6.07) is 11.1. The van der Waals surface area contributed by atoms with E-state index in [9.17, 15) is 4.79 Å². The molecule has 0 aliphatic rings. The van der Waals surface area contributed by atoms with Crippen LogP contribution in [0.1, 0.15) is 28.7 Å². The molecule has 1 amide bonds. The minimum Gasteiger partial charge on any atom is -0.497 e. The van der Waals surface area contributed by atoms with Crippen LogP contribution in [0.5, 0.6) is 11.5 Å². The number of thiophene rings is 1. The van der Waals surface area contributed by atoms with Gasteiger partial charge in [-0.2, -0.15) is 0 Å². The fourth-order valence-corrected chi connectivity index (χ4v) is 3.48. The van der Waals surface area contributed by atoms with E-state index in [2.05, 4.69) is 5.16 Å². The first kappa shape index (κ1) is 19.0. The summed E-state index contributed by atoms with van der Waals surface area (Å²) in [6.45, 7) is 3.10. The first-order valence-corrected chi connectivity index (χ1v) is 9.55. The second-order valence-electron chi connectivity index (χ2n) is 5.95. The topological polar surface area (TPSA) is 64.8 Å². The summed E-state index contributed by atoms with van der Waals surface area (Å²) in [6.07, 6.45) is 0.869. The number of aromatic nitrogens is 1. The Morgan fingerprint density at radius 1 is 1.22 bits per heavy atom. The molecule has 3 rings (SSSR count). The van der Waals surface area contributed by atoms with Crippen LogP contribution in [0.2, 0.25) is 0 Å². The summed E-state index contributed by atoms with van der Waals surface area (Å²) >= 11 is 1.44. The lowest BCUT2D eigenvalue weighted by atomic mass is 10.1. The van der Waals surface area contributed by atoms with E-state index < -0.39 is 0 Å². The summed E-state index contributed by atoms with van der Waals surface area (Å²) in [7, 11) is 3.20. The number of methoxy groups -OCH3 is 2. The summed E-state index contributed by atoms with van der Waals surface area (Å²) < 4.78 is 16.2. The third kappa shape index (κ3) is 4.31. The number of amides is 1. The van der Waals surface area contributed by atoms with Gasteiger partial charge in [-0.25, -0.2) is 0 Å². The molecular weight excluding hydrogens is 364 g/mol. The van der Waals surface area contributed by atoms with Crippen molar-refractivity contribution >= 4 is 17.2 Å². The molecule has 0 fully saturated rings. The number of carbonyl (C=O) groups excluding carboxylic acids is 1. The van der Waals surface area contributed by atoms with E-state index in [1.165, 1.54) is 11.3 Å². The van der Waals surface area contributed by atoms with E-state index >= 15 is 0 Å². The molecule has 27 heavy (non-hydrogen) atoms. The van der Waals surface area contributed by atoms with Crippen LogP contribution in [0.3, 0.4) is 0 Å². The van der Waals surface area contributed by atoms with Crippen LogP contribution in [0.25, 0.3) is 11.3 Å². The molecule has 3 aromatic rings. The van der Waals surface area contributed by atoms with Crippen LogP contribution >= 0.6 is 11.3 Å². The highest BCUT2D eigenvalue weighted by atomic mass is 32.1. The Hall–Kier alpha value is -2.80. The predicted octanol–water partition coefficient (Wildman–Crippen LogP) is 4.47. The molecule has 6 nitrogen and oxygen atoms in total. The van der Waals surface area contributed by atoms with Gasteiger partial charge in [0.15, 0.2) is 5.76 Å². The smallest absolute Gasteiger partial charge is 0.264 e. The zero-order valence-corrected chi connectivity index (χ0v) is 16.4. The third-order valence-corrected chi connectivity index (χ3v) is 4.96. The van der Waals surface area contributed by atoms with E-state index in [-0.39, 0.29) is 5.91 Å². The number of carbonyl (C=O) groups is 1. The molecule has 7 heteroatoms. The van der Waals surface area contributed by atoms with Gasteiger partial charge in [-0.05, 0) is 30.0 Å². The van der Waals surface area contributed by atoms with Gasteiger partial charge in [-0.15, -0.1) is 11.3 Å². The van der Waals surface area contributed by atoms with Crippen molar-refractivity contribution in [2.24, 2.45) is 0 Å². The highest BCUT2D eigenvalue weighted by molar-refractivity contribution is 7.12. The monoisotopic (exact) mass is 386 g/mol. The van der Waals surface area contributed by atoms with Crippen molar-refractivity contribution in [1.29, 1.82) is 0 Å². The number of hydrogen-bond acceptors (Lipinski definition) is 6. The molecule has 0 radical (unpaired) electrons. The van der Waals surface area contributed by atoms with Gasteiger partial charge in [0.2, 0.25) is 0 Å². The zero-order chi connectivity index (χ0) is 19.2. The Balaban J connectivity index is 1.81. The van der Waals surface area contributed by atoms with Crippen LogP contribution in [0.4, 0.5) is 0 Å². The number of benzene rings is 1. The first-order valence-electron chi connectivity index (χ1n) is 8.67. The standard InChI is InChI=1S/C20H22N2O4S/c1-4-9-22(20(23)19-6-5-10-27-19)13-14-11-18(26-21-14)16-8-7-15(24-2)12-17(16)25-3/h5-8,10-12H,4,9,13H2,1-3H3. The van der Waals surface area contributed by atoms with Crippen molar-refractivity contribution in [2.45, 2.75) is 19.9 Å². The molecule has 0 atom stereocenters. The SMILES string of the molecule is CCCN(Cc1cc(-c2ccc(OC)cc2OC)on1)C(=O)c1cccs1. The Morgan fingerprint density at radius 3 is 2.74 bits per heavy atom. The summed E-state index contributed by atoms with van der Waals surface area (Å²) in [4.78, 5) is 15.2. The summed E-state index contributed by atoms with van der Waals surface area (Å²) in [5.74, 6) is 1.94. The van der Waals surface area contributed by atoms with Crippen LogP contribution in [0.15, 0.2) is 46.3 Å². The normalized spacial score (nSPS) is 10.6. The maximum absolute atomic E-state index is 12.7. The van der Waals surface area contributed by atoms with E-state index in [1.807, 2.05) is 42.6 Å². The number of nitrogens with zero attached hydrogens (tertiary/aromatic N) is 2. The van der Waals surface area contributed by atoms with E-state index in [0.717, 1.165) is 16.9 Å². The third-order valence-electron chi connectivity index (χ3n) is 4.10. The predicted molar refractivity (Wildman–Crippen MR) is 104 cm³/mol. The molecule has 142 valence electrons. The van der Waals surface area contributed by atoms with Gasteiger partial charge in [0.1, 0.15) is 17.2 Å². The average molecular weight is 386 g/mol. The van der Waals surface area contributed by atoms with E-state index in [0.29, 0.717) is 36.0 Å². The largest absolute Gasteiger partial charge is 0.497 e. The Kier molecular flexibility index (Phi) is 6.13. The maximum atomic E-state index is 12.7. The lowest BCUT2D eigenvalue weighted by molar-refractivity contribution is 0.0744. The molecule has 0 aliphatic heterocycles. The van der Waals surface area contributed by atoms with E-state index in [1.54, 1.807) is 25.2 Å². The number of rotatable bonds is 8. The minimum absolute atomic E-state index is 0.0124. The van der Waals surface area contributed by atoms with Crippen molar-refractivity contribution in [3.8, 4) is 22.8 Å². The average Bonchev–Trinajstić information content (AvgIpc) is 3.38. The molecule has 0 bridgehead atoms. The second-order valence-corrected chi connectivity index (χ2v) is 6.90. The van der Waals surface area contributed by atoms with Crippen LogP contribution in [-0.2, 0) is 6.54 Å². The molecule has 0 saturated heterocycles. The zero-order valence-electron chi connectivity index (χ0n) is 15.6. The molecule has 0 aliphatic carbocycles. The van der Waals surface area contributed by atoms with Gasteiger partial charge >= 0.3 is 0 Å². The van der Waals surface area contributed by atoms with Crippen molar-refractivity contribution in [3.05, 3.63) is 52.3 Å². The van der Waals surface area contributed by atoms with Gasteiger partial charge in [0.05, 0.1) is 31.2 Å². The molecule has 0 N–H and O–H groups in total. The maximum Gasteiger partial charge on any atom is 0.264 e. The lowest BCUT2D eigenvalue weighted by Gasteiger charge is -2.20.